The van der Waals surface area contributed by atoms with Crippen molar-refractivity contribution in [3.05, 3.63) is 21.3 Å². The van der Waals surface area contributed by atoms with Crippen molar-refractivity contribution >= 4 is 51.8 Å². The number of nitrogens with zero attached hydrogens (tertiary/aromatic N) is 1. The normalized spacial score (nSPS) is 15.3. The Hall–Kier alpha value is -1.05. The molecule has 1 aliphatic heterocycles. The van der Waals surface area contributed by atoms with Gasteiger partial charge >= 0.3 is 0 Å². The topological polar surface area (TPSA) is 66.5 Å². The summed E-state index contributed by atoms with van der Waals surface area (Å²) in [5.74, 6) is -0.273. The summed E-state index contributed by atoms with van der Waals surface area (Å²) in [4.78, 5) is 35.9. The third kappa shape index (κ3) is 3.04. The Morgan fingerprint density at radius 3 is 2.78 bits per heavy atom. The number of thioether (sulfide) groups is 1. The van der Waals surface area contributed by atoms with Gasteiger partial charge in [0.25, 0.3) is 11.1 Å². The van der Waals surface area contributed by atoms with E-state index in [4.69, 9.17) is 11.6 Å². The first-order valence-corrected chi connectivity index (χ1v) is 7.26. The molecule has 1 aromatic heterocycles. The predicted molar refractivity (Wildman–Crippen MR) is 71.2 cm³/mol. The molecule has 0 radical (unpaired) electrons. The highest BCUT2D eigenvalue weighted by Gasteiger charge is 2.29. The number of rotatable bonds is 4. The van der Waals surface area contributed by atoms with Gasteiger partial charge in [0, 0.05) is 13.1 Å². The van der Waals surface area contributed by atoms with Gasteiger partial charge in [-0.3, -0.25) is 19.3 Å². The number of halogens is 1. The summed E-state index contributed by atoms with van der Waals surface area (Å²) in [6.07, 6.45) is 0. The maximum Gasteiger partial charge on any atom is 0.288 e. The lowest BCUT2D eigenvalue weighted by molar-refractivity contribution is -0.124. The zero-order chi connectivity index (χ0) is 13.1. The van der Waals surface area contributed by atoms with Crippen LogP contribution in [0.25, 0.3) is 0 Å². The lowest BCUT2D eigenvalue weighted by Crippen LogP contribution is -2.37. The van der Waals surface area contributed by atoms with Crippen LogP contribution in [0.3, 0.4) is 0 Å². The van der Waals surface area contributed by atoms with E-state index in [1.807, 2.05) is 0 Å². The number of amides is 3. The average Bonchev–Trinajstić information content (AvgIpc) is 2.89. The fraction of sp³-hybridized carbons (Fsp3) is 0.300. The van der Waals surface area contributed by atoms with Crippen LogP contribution in [-0.4, -0.2) is 40.8 Å². The van der Waals surface area contributed by atoms with E-state index >= 15 is 0 Å². The van der Waals surface area contributed by atoms with Crippen LogP contribution >= 0.6 is 34.7 Å². The number of carbonyl (C=O) groups excluding carboxylic acids is 3. The average molecular weight is 305 g/mol. The lowest BCUT2D eigenvalue weighted by atomic mass is 10.4. The van der Waals surface area contributed by atoms with Crippen LogP contribution < -0.4 is 5.32 Å². The molecule has 8 heteroatoms. The first kappa shape index (κ1) is 13.4. The first-order chi connectivity index (χ1) is 8.58. The van der Waals surface area contributed by atoms with Gasteiger partial charge in [-0.2, -0.15) is 0 Å². The fourth-order valence-corrected chi connectivity index (χ4v) is 3.11. The van der Waals surface area contributed by atoms with Crippen LogP contribution in [0.1, 0.15) is 9.67 Å². The molecule has 0 spiro atoms. The second-order valence-electron chi connectivity index (χ2n) is 3.46. The van der Waals surface area contributed by atoms with Gasteiger partial charge in [0.2, 0.25) is 5.91 Å². The van der Waals surface area contributed by atoms with E-state index in [0.29, 0.717) is 9.21 Å². The summed E-state index contributed by atoms with van der Waals surface area (Å²) < 4.78 is 0.543. The van der Waals surface area contributed by atoms with Crippen LogP contribution in [-0.2, 0) is 4.79 Å². The van der Waals surface area contributed by atoms with Gasteiger partial charge in [0.1, 0.15) is 0 Å². The van der Waals surface area contributed by atoms with Crippen molar-refractivity contribution in [3.63, 3.8) is 0 Å². The van der Waals surface area contributed by atoms with Gasteiger partial charge in [-0.05, 0) is 12.1 Å². The summed E-state index contributed by atoms with van der Waals surface area (Å²) in [6.45, 7) is 0.446. The second kappa shape index (κ2) is 5.73. The van der Waals surface area contributed by atoms with Gasteiger partial charge in [0.05, 0.1) is 15.0 Å². The third-order valence-corrected chi connectivity index (χ3v) is 4.35. The van der Waals surface area contributed by atoms with Gasteiger partial charge < -0.3 is 5.32 Å². The summed E-state index contributed by atoms with van der Waals surface area (Å²) >= 11 is 7.88. The Morgan fingerprint density at radius 1 is 1.44 bits per heavy atom. The maximum absolute atomic E-state index is 11.6. The Bertz CT molecular complexity index is 487. The Balaban J connectivity index is 1.80. The molecule has 0 atom stereocenters. The fourth-order valence-electron chi connectivity index (χ4n) is 1.40. The molecule has 18 heavy (non-hydrogen) atoms. The smallest absolute Gasteiger partial charge is 0.288 e. The highest BCUT2D eigenvalue weighted by atomic mass is 35.5. The van der Waals surface area contributed by atoms with Gasteiger partial charge in [0.15, 0.2) is 0 Å². The number of carbonyl (C=O) groups is 3. The Labute approximate surface area is 116 Å². The number of thiophene rings is 1. The molecule has 3 amide bonds. The molecular weight excluding hydrogens is 296 g/mol. The number of nitrogens with one attached hydrogen (secondary N) is 1. The zero-order valence-electron chi connectivity index (χ0n) is 9.14. The minimum absolute atomic E-state index is 0.188. The summed E-state index contributed by atoms with van der Waals surface area (Å²) in [6, 6.07) is 3.27. The van der Waals surface area contributed by atoms with Gasteiger partial charge in [-0.15, -0.1) is 11.3 Å². The van der Waals surface area contributed by atoms with Crippen LogP contribution in [0.5, 0.6) is 0 Å². The molecule has 0 unspecified atom stereocenters. The van der Waals surface area contributed by atoms with Crippen LogP contribution in [0.2, 0.25) is 4.34 Å². The van der Waals surface area contributed by atoms with Crippen molar-refractivity contribution < 1.29 is 14.4 Å². The van der Waals surface area contributed by atoms with Crippen molar-refractivity contribution in [2.75, 3.05) is 18.8 Å². The molecule has 0 saturated carbocycles. The largest absolute Gasteiger partial charge is 0.350 e. The molecule has 5 nitrogen and oxygen atoms in total. The monoisotopic (exact) mass is 304 g/mol. The minimum atomic E-state index is -0.256. The van der Waals surface area contributed by atoms with Crippen molar-refractivity contribution in [2.24, 2.45) is 0 Å². The van der Waals surface area contributed by atoms with E-state index in [1.54, 1.807) is 12.1 Å². The standard InChI is InChI=1S/C10H9ClN2O3S2/c11-7-2-1-6(18-7)9(15)12-3-4-13-8(14)5-17-10(13)16/h1-2H,3-5H2,(H,12,15). The molecule has 0 bridgehead atoms. The second-order valence-corrected chi connectivity index (χ2v) is 6.10. The SMILES string of the molecule is O=C(NCCN1C(=O)CSC1=O)c1ccc(Cl)s1. The molecule has 1 aromatic rings. The number of imide groups is 1. The predicted octanol–water partition coefficient (Wildman–Crippen LogP) is 1.83. The molecule has 96 valence electrons. The molecule has 2 heterocycles. The molecular formula is C10H9ClN2O3S2. The van der Waals surface area contributed by atoms with E-state index < -0.39 is 0 Å². The van der Waals surface area contributed by atoms with E-state index in [0.717, 1.165) is 16.7 Å². The lowest BCUT2D eigenvalue weighted by Gasteiger charge is -2.12. The van der Waals surface area contributed by atoms with Crippen molar-refractivity contribution in [1.29, 1.82) is 0 Å². The summed E-state index contributed by atoms with van der Waals surface area (Å²) in [7, 11) is 0. The highest BCUT2D eigenvalue weighted by molar-refractivity contribution is 8.14. The van der Waals surface area contributed by atoms with Crippen molar-refractivity contribution in [3.8, 4) is 0 Å². The van der Waals surface area contributed by atoms with Crippen molar-refractivity contribution in [2.45, 2.75) is 0 Å². The van der Waals surface area contributed by atoms with Crippen LogP contribution in [0.4, 0.5) is 4.79 Å². The highest BCUT2D eigenvalue weighted by Crippen LogP contribution is 2.21. The zero-order valence-corrected chi connectivity index (χ0v) is 11.5. The summed E-state index contributed by atoms with van der Waals surface area (Å²) in [5.41, 5.74) is 0. The van der Waals surface area contributed by atoms with E-state index in [2.05, 4.69) is 5.32 Å². The number of hydrogen-bond donors (Lipinski definition) is 1. The first-order valence-electron chi connectivity index (χ1n) is 5.08. The Morgan fingerprint density at radius 2 is 2.22 bits per heavy atom. The maximum atomic E-state index is 11.6. The molecule has 1 saturated heterocycles. The third-order valence-electron chi connectivity index (χ3n) is 2.26. The van der Waals surface area contributed by atoms with Gasteiger partial charge in [-0.25, -0.2) is 0 Å². The quantitative estimate of drug-likeness (QED) is 0.921. The van der Waals surface area contributed by atoms with Crippen molar-refractivity contribution in [1.82, 2.24) is 10.2 Å². The van der Waals surface area contributed by atoms with E-state index in [1.165, 1.54) is 11.3 Å². The summed E-state index contributed by atoms with van der Waals surface area (Å²) in [5, 5.41) is 2.38. The molecule has 1 aliphatic rings. The van der Waals surface area contributed by atoms with Crippen LogP contribution in [0, 0.1) is 0 Å². The minimum Gasteiger partial charge on any atom is -0.350 e. The van der Waals surface area contributed by atoms with E-state index in [-0.39, 0.29) is 35.9 Å². The number of hydrogen-bond acceptors (Lipinski definition) is 5. The Kier molecular flexibility index (Phi) is 4.26. The van der Waals surface area contributed by atoms with Crippen LogP contribution in [0.15, 0.2) is 12.1 Å². The molecule has 0 aromatic carbocycles. The molecule has 0 aliphatic carbocycles. The van der Waals surface area contributed by atoms with E-state index in [9.17, 15) is 14.4 Å². The molecule has 1 fully saturated rings. The molecule has 1 N–H and O–H groups in total. The van der Waals surface area contributed by atoms with Gasteiger partial charge in [-0.1, -0.05) is 23.4 Å². The molecule has 2 rings (SSSR count).